The summed E-state index contributed by atoms with van der Waals surface area (Å²) in [6.45, 7) is 7.31. The van der Waals surface area contributed by atoms with Gasteiger partial charge in [-0.2, -0.15) is 0 Å². The fraction of sp³-hybridized carbons (Fsp3) is 0.571. The number of hydrogen-bond acceptors (Lipinski definition) is 2. The zero-order chi connectivity index (χ0) is 12.1. The highest BCUT2D eigenvalue weighted by molar-refractivity contribution is 5.34. The third kappa shape index (κ3) is 3.24. The molecule has 16 heavy (non-hydrogen) atoms. The van der Waals surface area contributed by atoms with Gasteiger partial charge in [-0.25, -0.2) is 0 Å². The van der Waals surface area contributed by atoms with Gasteiger partial charge < -0.3 is 10.8 Å². The largest absolute Gasteiger partial charge is 0.508 e. The van der Waals surface area contributed by atoms with Gasteiger partial charge in [0, 0.05) is 0 Å². The van der Waals surface area contributed by atoms with E-state index in [1.807, 2.05) is 18.2 Å². The summed E-state index contributed by atoms with van der Waals surface area (Å²) in [6.07, 6.45) is 1.07. The molecule has 2 nitrogen and oxygen atoms in total. The van der Waals surface area contributed by atoms with Crippen molar-refractivity contribution in [2.24, 2.45) is 17.6 Å². The van der Waals surface area contributed by atoms with Gasteiger partial charge in [-0.05, 0) is 42.3 Å². The van der Waals surface area contributed by atoms with Crippen LogP contribution in [0.25, 0.3) is 0 Å². The van der Waals surface area contributed by atoms with Gasteiger partial charge in [-0.1, -0.05) is 39.0 Å². The molecular weight excluding hydrogens is 198 g/mol. The Kier molecular flexibility index (Phi) is 4.81. The molecule has 1 aromatic carbocycles. The smallest absolute Gasteiger partial charge is 0.119 e. The van der Waals surface area contributed by atoms with E-state index in [0.29, 0.717) is 23.5 Å². The van der Waals surface area contributed by atoms with Gasteiger partial charge in [0.25, 0.3) is 0 Å². The van der Waals surface area contributed by atoms with Crippen LogP contribution in [0.1, 0.15) is 38.7 Å². The van der Waals surface area contributed by atoms with Gasteiger partial charge in [0.15, 0.2) is 0 Å². The monoisotopic (exact) mass is 221 g/mol. The molecule has 1 aromatic rings. The zero-order valence-corrected chi connectivity index (χ0v) is 10.5. The first-order valence-corrected chi connectivity index (χ1v) is 6.04. The summed E-state index contributed by atoms with van der Waals surface area (Å²) in [5.74, 6) is 1.90. The maximum absolute atomic E-state index is 9.76. The number of aromatic hydroxyl groups is 1. The Labute approximate surface area is 98.5 Å². The van der Waals surface area contributed by atoms with E-state index in [4.69, 9.17) is 5.73 Å². The lowest BCUT2D eigenvalue weighted by Crippen LogP contribution is -2.19. The second kappa shape index (κ2) is 5.90. The predicted molar refractivity (Wildman–Crippen MR) is 68.5 cm³/mol. The minimum atomic E-state index is 0.380. The fourth-order valence-corrected chi connectivity index (χ4v) is 2.05. The highest BCUT2D eigenvalue weighted by Gasteiger charge is 2.17. The van der Waals surface area contributed by atoms with Crippen LogP contribution in [-0.4, -0.2) is 11.7 Å². The van der Waals surface area contributed by atoms with Crippen molar-refractivity contribution in [2.75, 3.05) is 6.54 Å². The van der Waals surface area contributed by atoms with E-state index in [1.165, 1.54) is 0 Å². The van der Waals surface area contributed by atoms with Crippen molar-refractivity contribution >= 4 is 0 Å². The van der Waals surface area contributed by atoms with Crippen LogP contribution >= 0.6 is 0 Å². The quantitative estimate of drug-likeness (QED) is 0.802. The van der Waals surface area contributed by atoms with Crippen molar-refractivity contribution in [1.82, 2.24) is 0 Å². The average molecular weight is 221 g/mol. The van der Waals surface area contributed by atoms with Crippen molar-refractivity contribution in [3.05, 3.63) is 29.8 Å². The van der Waals surface area contributed by atoms with Crippen LogP contribution in [-0.2, 0) is 0 Å². The van der Waals surface area contributed by atoms with Crippen LogP contribution in [0.5, 0.6) is 5.75 Å². The van der Waals surface area contributed by atoms with Crippen molar-refractivity contribution < 1.29 is 5.11 Å². The standard InChI is InChI=1S/C14H23NO/c1-10(12(3)9-15)8-11(2)13-6-4-5-7-14(13)16/h4-7,10-12,16H,8-9,15H2,1-3H3. The van der Waals surface area contributed by atoms with Crippen LogP contribution in [0.3, 0.4) is 0 Å². The third-order valence-corrected chi connectivity index (χ3v) is 3.54. The fourth-order valence-electron chi connectivity index (χ4n) is 2.05. The minimum absolute atomic E-state index is 0.380. The second-order valence-corrected chi connectivity index (χ2v) is 4.89. The number of rotatable bonds is 5. The van der Waals surface area contributed by atoms with Gasteiger partial charge in [0.05, 0.1) is 0 Å². The van der Waals surface area contributed by atoms with Crippen LogP contribution in [0.4, 0.5) is 0 Å². The third-order valence-electron chi connectivity index (χ3n) is 3.54. The van der Waals surface area contributed by atoms with Crippen LogP contribution in [0, 0.1) is 11.8 Å². The summed E-state index contributed by atoms with van der Waals surface area (Å²) in [5.41, 5.74) is 6.71. The molecule has 3 N–H and O–H groups in total. The topological polar surface area (TPSA) is 46.2 Å². The molecule has 0 fully saturated rings. The average Bonchev–Trinajstić information content (AvgIpc) is 2.28. The van der Waals surface area contributed by atoms with Crippen molar-refractivity contribution in [2.45, 2.75) is 33.1 Å². The maximum atomic E-state index is 9.76. The lowest BCUT2D eigenvalue weighted by Gasteiger charge is -2.22. The molecular formula is C14H23NO. The number of benzene rings is 1. The van der Waals surface area contributed by atoms with Crippen molar-refractivity contribution in [1.29, 1.82) is 0 Å². The lowest BCUT2D eigenvalue weighted by atomic mass is 9.84. The summed E-state index contributed by atoms with van der Waals surface area (Å²) < 4.78 is 0. The van der Waals surface area contributed by atoms with E-state index < -0.39 is 0 Å². The SMILES string of the molecule is CC(CC(C)C(C)CN)c1ccccc1O. The molecule has 0 aliphatic carbocycles. The second-order valence-electron chi connectivity index (χ2n) is 4.89. The van der Waals surface area contributed by atoms with E-state index in [-0.39, 0.29) is 0 Å². The molecule has 0 aliphatic rings. The number of nitrogens with two attached hydrogens (primary N) is 1. The van der Waals surface area contributed by atoms with Gasteiger partial charge in [-0.3, -0.25) is 0 Å². The summed E-state index contributed by atoms with van der Waals surface area (Å²) >= 11 is 0. The van der Waals surface area contributed by atoms with Crippen molar-refractivity contribution in [3.63, 3.8) is 0 Å². The van der Waals surface area contributed by atoms with Gasteiger partial charge >= 0.3 is 0 Å². The Bertz CT molecular complexity index is 324. The Hall–Kier alpha value is -1.02. The summed E-state index contributed by atoms with van der Waals surface area (Å²) in [5, 5.41) is 9.76. The Morgan fingerprint density at radius 3 is 2.31 bits per heavy atom. The van der Waals surface area contributed by atoms with E-state index in [9.17, 15) is 5.11 Å². The zero-order valence-electron chi connectivity index (χ0n) is 10.5. The van der Waals surface area contributed by atoms with Crippen LogP contribution in [0.15, 0.2) is 24.3 Å². The van der Waals surface area contributed by atoms with E-state index in [1.54, 1.807) is 6.07 Å². The molecule has 0 spiro atoms. The minimum Gasteiger partial charge on any atom is -0.508 e. The number of hydrogen-bond donors (Lipinski definition) is 2. The van der Waals surface area contributed by atoms with Crippen molar-refractivity contribution in [3.8, 4) is 5.75 Å². The molecule has 3 atom stereocenters. The molecule has 0 aliphatic heterocycles. The van der Waals surface area contributed by atoms with Crippen LogP contribution in [0.2, 0.25) is 0 Å². The molecule has 0 saturated carbocycles. The van der Waals surface area contributed by atoms with Crippen LogP contribution < -0.4 is 5.73 Å². The first-order valence-electron chi connectivity index (χ1n) is 6.04. The number of phenols is 1. The highest BCUT2D eigenvalue weighted by atomic mass is 16.3. The molecule has 0 heterocycles. The molecule has 0 saturated heterocycles. The Balaban J connectivity index is 2.65. The molecule has 0 radical (unpaired) electrons. The van der Waals surface area contributed by atoms with E-state index in [0.717, 1.165) is 18.5 Å². The first-order chi connectivity index (χ1) is 7.56. The summed E-state index contributed by atoms with van der Waals surface area (Å²) in [7, 11) is 0. The number of phenolic OH excluding ortho intramolecular Hbond substituents is 1. The lowest BCUT2D eigenvalue weighted by molar-refractivity contribution is 0.348. The van der Waals surface area contributed by atoms with Gasteiger partial charge in [-0.15, -0.1) is 0 Å². The summed E-state index contributed by atoms with van der Waals surface area (Å²) in [6, 6.07) is 7.59. The molecule has 0 amide bonds. The van der Waals surface area contributed by atoms with E-state index >= 15 is 0 Å². The molecule has 0 bridgehead atoms. The molecule has 0 aromatic heterocycles. The van der Waals surface area contributed by atoms with E-state index in [2.05, 4.69) is 20.8 Å². The Morgan fingerprint density at radius 1 is 1.12 bits per heavy atom. The molecule has 3 unspecified atom stereocenters. The summed E-state index contributed by atoms with van der Waals surface area (Å²) in [4.78, 5) is 0. The van der Waals surface area contributed by atoms with Gasteiger partial charge in [0.1, 0.15) is 5.75 Å². The highest BCUT2D eigenvalue weighted by Crippen LogP contribution is 2.31. The molecule has 1 rings (SSSR count). The number of para-hydroxylation sites is 1. The normalized spacial score (nSPS) is 16.8. The molecule has 2 heteroatoms. The molecule has 90 valence electrons. The Morgan fingerprint density at radius 2 is 1.75 bits per heavy atom. The predicted octanol–water partition coefficient (Wildman–Crippen LogP) is 3.12. The first kappa shape index (κ1) is 13.0. The van der Waals surface area contributed by atoms with Gasteiger partial charge in [0.2, 0.25) is 0 Å². The maximum Gasteiger partial charge on any atom is 0.119 e.